The van der Waals surface area contributed by atoms with Crippen LogP contribution in [0.1, 0.15) is 25.2 Å². The van der Waals surface area contributed by atoms with Gasteiger partial charge in [-0.1, -0.05) is 6.07 Å². The summed E-state index contributed by atoms with van der Waals surface area (Å²) in [4.78, 5) is 20.1. The second-order valence-electron chi connectivity index (χ2n) is 7.32. The minimum Gasteiger partial charge on any atom is -0.369 e. The molecule has 0 spiro atoms. The van der Waals surface area contributed by atoms with Gasteiger partial charge in [-0.15, -0.1) is 0 Å². The van der Waals surface area contributed by atoms with Crippen LogP contribution in [0.3, 0.4) is 0 Å². The number of rotatable bonds is 4. The average Bonchev–Trinajstić information content (AvgIpc) is 3.06. The van der Waals surface area contributed by atoms with Crippen molar-refractivity contribution >= 4 is 17.1 Å². The van der Waals surface area contributed by atoms with Crippen molar-refractivity contribution in [2.24, 2.45) is 5.73 Å². The monoisotopic (exact) mass is 437 g/mol. The highest BCUT2D eigenvalue weighted by atomic mass is 19.4. The van der Waals surface area contributed by atoms with Gasteiger partial charge in [-0.05, 0) is 31.5 Å². The van der Waals surface area contributed by atoms with Gasteiger partial charge in [0.05, 0.1) is 30.7 Å². The SMILES string of the molecule is COC(C)(C)C(F)(F)F.NCc1nc2ccc(CN3CC(F)(F)CNC3=O)cc2[nH]1. The fourth-order valence-electron chi connectivity index (χ4n) is 2.49. The van der Waals surface area contributed by atoms with Gasteiger partial charge >= 0.3 is 12.2 Å². The molecule has 1 aliphatic heterocycles. The molecule has 12 heteroatoms. The fourth-order valence-corrected chi connectivity index (χ4v) is 2.49. The first-order chi connectivity index (χ1) is 13.8. The van der Waals surface area contributed by atoms with Crippen molar-refractivity contribution in [2.45, 2.75) is 44.6 Å². The van der Waals surface area contributed by atoms with Crippen LogP contribution in [0, 0.1) is 0 Å². The number of methoxy groups -OCH3 is 1. The maximum absolute atomic E-state index is 13.3. The number of nitrogens with one attached hydrogen (secondary N) is 2. The molecule has 1 aliphatic rings. The average molecular weight is 437 g/mol. The Kier molecular flexibility index (Phi) is 6.92. The molecule has 2 amide bonds. The zero-order valence-electron chi connectivity index (χ0n) is 16.7. The first-order valence-electron chi connectivity index (χ1n) is 8.98. The normalized spacial score (nSPS) is 16.8. The molecule has 0 bridgehead atoms. The number of hydrogen-bond acceptors (Lipinski definition) is 4. The first kappa shape index (κ1) is 23.8. The summed E-state index contributed by atoms with van der Waals surface area (Å²) in [5.41, 5.74) is 5.77. The number of carbonyl (C=O) groups is 1. The lowest BCUT2D eigenvalue weighted by Gasteiger charge is -2.32. The molecule has 1 saturated heterocycles. The highest BCUT2D eigenvalue weighted by Gasteiger charge is 2.47. The number of aromatic nitrogens is 2. The Labute approximate surface area is 169 Å². The van der Waals surface area contributed by atoms with E-state index in [1.54, 1.807) is 18.2 Å². The van der Waals surface area contributed by atoms with E-state index in [0.29, 0.717) is 12.4 Å². The summed E-state index contributed by atoms with van der Waals surface area (Å²) in [5, 5.41) is 2.19. The van der Waals surface area contributed by atoms with Gasteiger partial charge < -0.3 is 25.7 Å². The van der Waals surface area contributed by atoms with Crippen LogP contribution in [0.15, 0.2) is 18.2 Å². The third-order valence-corrected chi connectivity index (χ3v) is 4.56. The molecule has 7 nitrogen and oxygen atoms in total. The molecule has 2 heterocycles. The van der Waals surface area contributed by atoms with E-state index in [9.17, 15) is 26.7 Å². The van der Waals surface area contributed by atoms with Gasteiger partial charge in [-0.25, -0.2) is 18.6 Å². The van der Waals surface area contributed by atoms with Crippen LogP contribution in [-0.4, -0.2) is 58.8 Å². The standard InChI is InChI=1S/C13H15F2N5O.C5H9F3O/c14-13(15)6-17-12(21)20(7-13)5-8-1-2-9-10(3-8)19-11(4-16)18-9;1-4(2,9-3)5(6,7)8/h1-3H,4-7,16H2,(H,17,21)(H,18,19);1-3H3. The number of carbonyl (C=O) groups excluding carboxylic acids is 1. The number of H-pyrrole nitrogens is 1. The molecular weight excluding hydrogens is 413 g/mol. The number of nitrogens with zero attached hydrogens (tertiary/aromatic N) is 2. The van der Waals surface area contributed by atoms with E-state index in [0.717, 1.165) is 42.5 Å². The third kappa shape index (κ3) is 5.79. The zero-order chi connectivity index (χ0) is 22.7. The summed E-state index contributed by atoms with van der Waals surface area (Å²) in [6.45, 7) is 1.19. The lowest BCUT2D eigenvalue weighted by Crippen LogP contribution is -2.56. The largest absolute Gasteiger partial charge is 0.416 e. The molecule has 30 heavy (non-hydrogen) atoms. The van der Waals surface area contributed by atoms with Crippen LogP contribution < -0.4 is 11.1 Å². The first-order valence-corrected chi connectivity index (χ1v) is 8.98. The molecule has 0 unspecified atom stereocenters. The van der Waals surface area contributed by atoms with Crippen LogP contribution in [0.25, 0.3) is 11.0 Å². The van der Waals surface area contributed by atoms with Crippen molar-refractivity contribution in [3.05, 3.63) is 29.6 Å². The number of amides is 2. The van der Waals surface area contributed by atoms with Crippen molar-refractivity contribution in [3.63, 3.8) is 0 Å². The van der Waals surface area contributed by atoms with Crippen molar-refractivity contribution in [2.75, 3.05) is 20.2 Å². The van der Waals surface area contributed by atoms with E-state index < -0.39 is 36.8 Å². The Morgan fingerprint density at radius 3 is 2.50 bits per heavy atom. The summed E-state index contributed by atoms with van der Waals surface area (Å²) >= 11 is 0. The number of aromatic amines is 1. The summed E-state index contributed by atoms with van der Waals surface area (Å²) in [5.74, 6) is -2.25. The van der Waals surface area contributed by atoms with E-state index in [4.69, 9.17) is 5.73 Å². The van der Waals surface area contributed by atoms with Crippen molar-refractivity contribution in [1.82, 2.24) is 20.2 Å². The number of halogens is 5. The number of benzene rings is 1. The van der Waals surface area contributed by atoms with Crippen molar-refractivity contribution in [1.29, 1.82) is 0 Å². The Hall–Kier alpha value is -2.47. The lowest BCUT2D eigenvalue weighted by molar-refractivity contribution is -0.255. The minimum absolute atomic E-state index is 0.119. The second kappa shape index (κ2) is 8.72. The summed E-state index contributed by atoms with van der Waals surface area (Å²) in [7, 11) is 1.04. The fraction of sp³-hybridized carbons (Fsp3) is 0.556. The van der Waals surface area contributed by atoms with Gasteiger partial charge in [0.25, 0.3) is 5.92 Å². The molecular formula is C18H24F5N5O2. The van der Waals surface area contributed by atoms with Gasteiger partial charge in [-0.2, -0.15) is 13.2 Å². The van der Waals surface area contributed by atoms with Crippen LogP contribution in [0.2, 0.25) is 0 Å². The minimum atomic E-state index is -4.28. The topological polar surface area (TPSA) is 96.3 Å². The Morgan fingerprint density at radius 2 is 1.97 bits per heavy atom. The van der Waals surface area contributed by atoms with Gasteiger partial charge in [0.2, 0.25) is 0 Å². The summed E-state index contributed by atoms with van der Waals surface area (Å²) in [6, 6.07) is 4.86. The molecule has 2 aromatic rings. The predicted molar refractivity (Wildman–Crippen MR) is 99.9 cm³/mol. The van der Waals surface area contributed by atoms with E-state index in [2.05, 4.69) is 20.0 Å². The zero-order valence-corrected chi connectivity index (χ0v) is 16.7. The number of fused-ring (bicyclic) bond motifs is 1. The maximum atomic E-state index is 13.3. The molecule has 0 saturated carbocycles. The van der Waals surface area contributed by atoms with Crippen molar-refractivity contribution < 1.29 is 31.5 Å². The molecule has 1 aromatic carbocycles. The van der Waals surface area contributed by atoms with Crippen molar-refractivity contribution in [3.8, 4) is 0 Å². The van der Waals surface area contributed by atoms with E-state index in [-0.39, 0.29) is 6.54 Å². The number of urea groups is 1. The van der Waals surface area contributed by atoms with E-state index in [1.165, 1.54) is 0 Å². The smallest absolute Gasteiger partial charge is 0.369 e. The van der Waals surface area contributed by atoms with Crippen LogP contribution in [-0.2, 0) is 17.8 Å². The van der Waals surface area contributed by atoms with Crippen LogP contribution >= 0.6 is 0 Å². The Balaban J connectivity index is 0.000000303. The molecule has 0 radical (unpaired) electrons. The highest BCUT2D eigenvalue weighted by Crippen LogP contribution is 2.31. The second-order valence-corrected chi connectivity index (χ2v) is 7.32. The van der Waals surface area contributed by atoms with Gasteiger partial charge in [0.1, 0.15) is 5.82 Å². The molecule has 1 aromatic heterocycles. The number of ether oxygens (including phenoxy) is 1. The molecule has 1 fully saturated rings. The quantitative estimate of drug-likeness (QED) is 0.641. The van der Waals surface area contributed by atoms with Crippen LogP contribution in [0.4, 0.5) is 26.7 Å². The predicted octanol–water partition coefficient (Wildman–Crippen LogP) is 3.16. The number of alkyl halides is 5. The number of hydrogen-bond donors (Lipinski definition) is 3. The number of nitrogens with two attached hydrogens (primary N) is 1. The Bertz CT molecular complexity index is 881. The maximum Gasteiger partial charge on any atom is 0.416 e. The Morgan fingerprint density at radius 1 is 1.30 bits per heavy atom. The molecule has 4 N–H and O–H groups in total. The van der Waals surface area contributed by atoms with Gasteiger partial charge in [0.15, 0.2) is 5.60 Å². The number of imidazole rings is 1. The molecule has 168 valence electrons. The van der Waals surface area contributed by atoms with E-state index >= 15 is 0 Å². The summed E-state index contributed by atoms with van der Waals surface area (Å²) < 4.78 is 66.0. The molecule has 0 atom stereocenters. The highest BCUT2D eigenvalue weighted by molar-refractivity contribution is 5.77. The van der Waals surface area contributed by atoms with Gasteiger partial charge in [0, 0.05) is 13.7 Å². The van der Waals surface area contributed by atoms with E-state index in [1.807, 2.05) is 0 Å². The molecule has 3 rings (SSSR count). The van der Waals surface area contributed by atoms with Crippen LogP contribution in [0.5, 0.6) is 0 Å². The van der Waals surface area contributed by atoms with Gasteiger partial charge in [-0.3, -0.25) is 0 Å². The molecule has 0 aliphatic carbocycles. The lowest BCUT2D eigenvalue weighted by atomic mass is 10.1. The third-order valence-electron chi connectivity index (χ3n) is 4.56. The summed E-state index contributed by atoms with van der Waals surface area (Å²) in [6.07, 6.45) is -4.28.